The maximum absolute atomic E-state index is 13.3. The first-order valence-corrected chi connectivity index (χ1v) is 10.7. The Labute approximate surface area is 158 Å². The smallest absolute Gasteiger partial charge is 0.416 e. The average molecular weight is 369 g/mol. The van der Waals surface area contributed by atoms with E-state index in [4.69, 9.17) is 0 Å². The van der Waals surface area contributed by atoms with Gasteiger partial charge in [-0.05, 0) is 12.8 Å². The first-order chi connectivity index (χ1) is 12.7. The minimum Gasteiger partial charge on any atom is -0.622 e. The lowest BCUT2D eigenvalue weighted by Crippen LogP contribution is -2.32. The Hall–Kier alpha value is -1.96. The third-order valence-electron chi connectivity index (χ3n) is 4.30. The van der Waals surface area contributed by atoms with Crippen LogP contribution in [0.25, 0.3) is 0 Å². The summed E-state index contributed by atoms with van der Waals surface area (Å²) in [4.78, 5) is 28.2. The number of hydrogen-bond acceptors (Lipinski definition) is 2. The van der Waals surface area contributed by atoms with E-state index in [0.717, 1.165) is 36.8 Å². The molecular weight excluding hydrogens is 341 g/mol. The van der Waals surface area contributed by atoms with Crippen LogP contribution in [0.5, 0.6) is 0 Å². The summed E-state index contributed by atoms with van der Waals surface area (Å²) in [6.45, 7) is 5.56. The van der Waals surface area contributed by atoms with Crippen LogP contribution in [0, 0.1) is 0 Å². The van der Waals surface area contributed by atoms with E-state index in [0.29, 0.717) is 18.4 Å². The molecule has 0 heterocycles. The van der Waals surface area contributed by atoms with Crippen LogP contribution in [-0.2, 0) is 0 Å². The van der Waals surface area contributed by atoms with Crippen molar-refractivity contribution in [1.29, 1.82) is 0 Å². The van der Waals surface area contributed by atoms with E-state index in [9.17, 15) is 9.69 Å². The third kappa shape index (κ3) is 5.52. The molecule has 2 aromatic carbocycles. The molecule has 0 bridgehead atoms. The van der Waals surface area contributed by atoms with E-state index < -0.39 is 7.77 Å². The van der Waals surface area contributed by atoms with E-state index in [-0.39, 0.29) is 5.65 Å². The topological polar surface area (TPSA) is 43.4 Å². The Balaban J connectivity index is 2.45. The van der Waals surface area contributed by atoms with Crippen molar-refractivity contribution in [2.24, 2.45) is 0 Å². The molecule has 0 radical (unpaired) electrons. The van der Waals surface area contributed by atoms with Crippen LogP contribution < -0.4 is 4.89 Å². The maximum atomic E-state index is 13.3. The lowest BCUT2D eigenvalue weighted by Gasteiger charge is -2.20. The van der Waals surface area contributed by atoms with Crippen molar-refractivity contribution in [2.75, 3.05) is 13.1 Å². The Kier molecular flexibility index (Phi) is 8.53. The lowest BCUT2D eigenvalue weighted by molar-refractivity contribution is -0.150. The molecule has 0 aliphatic heterocycles. The van der Waals surface area contributed by atoms with Crippen LogP contribution in [0.1, 0.15) is 50.7 Å². The molecule has 2 aromatic rings. The zero-order valence-electron chi connectivity index (χ0n) is 15.7. The predicted octanol–water partition coefficient (Wildman–Crippen LogP) is 5.03. The van der Waals surface area contributed by atoms with Crippen LogP contribution in [-0.4, -0.2) is 28.9 Å². The van der Waals surface area contributed by atoms with Gasteiger partial charge >= 0.3 is 5.65 Å². The second-order valence-electron chi connectivity index (χ2n) is 6.35. The fourth-order valence-electron chi connectivity index (χ4n) is 2.82. The fourth-order valence-corrected chi connectivity index (χ4v) is 4.23. The quantitative estimate of drug-likeness (QED) is 0.582. The first kappa shape index (κ1) is 20.4. The summed E-state index contributed by atoms with van der Waals surface area (Å²) < 4.78 is 0. The minimum atomic E-state index is -2.18. The number of hydrogen-bond donors (Lipinski definition) is 0. The third-order valence-corrected chi connectivity index (χ3v) is 5.86. The summed E-state index contributed by atoms with van der Waals surface area (Å²) in [5, 5.41) is 0.629. The molecule has 0 saturated heterocycles. The van der Waals surface area contributed by atoms with Crippen molar-refractivity contribution in [3.63, 3.8) is 0 Å². The molecule has 0 spiro atoms. The van der Waals surface area contributed by atoms with Gasteiger partial charge in [0.25, 0.3) is 0 Å². The second-order valence-corrected chi connectivity index (χ2v) is 7.77. The molecule has 1 unspecified atom stereocenters. The first-order valence-electron chi connectivity index (χ1n) is 9.43. The highest BCUT2D eigenvalue weighted by atomic mass is 31.1. The average Bonchev–Trinajstić information content (AvgIpc) is 2.69. The van der Waals surface area contributed by atoms with Gasteiger partial charge in [-0.2, -0.15) is 0 Å². The van der Waals surface area contributed by atoms with E-state index in [2.05, 4.69) is 13.8 Å². The highest BCUT2D eigenvalue weighted by molar-refractivity contribution is 7.69. The molecule has 26 heavy (non-hydrogen) atoms. The van der Waals surface area contributed by atoms with Crippen LogP contribution in [0.2, 0.25) is 0 Å². The molecular formula is C22H28NO2P. The molecule has 2 rings (SSSR count). The highest BCUT2D eigenvalue weighted by Gasteiger charge is 2.27. The van der Waals surface area contributed by atoms with Crippen LogP contribution in [0.4, 0.5) is 4.79 Å². The molecule has 0 saturated carbocycles. The van der Waals surface area contributed by atoms with Gasteiger partial charge in [0.05, 0.1) is 0 Å². The molecule has 138 valence electrons. The molecule has 0 N–H and O–H groups in total. The summed E-state index contributed by atoms with van der Waals surface area (Å²) in [6.07, 6.45) is 3.90. The van der Waals surface area contributed by atoms with Crippen LogP contribution >= 0.6 is 7.77 Å². The number of nitrogens with zero attached hydrogens (tertiary/aromatic N) is 1. The minimum absolute atomic E-state index is 0.246. The monoisotopic (exact) mass is 369 g/mol. The second kappa shape index (κ2) is 10.9. The summed E-state index contributed by atoms with van der Waals surface area (Å²) in [6, 6.07) is 19.2. The maximum Gasteiger partial charge on any atom is 0.416 e. The van der Waals surface area contributed by atoms with E-state index in [1.807, 2.05) is 60.7 Å². The number of rotatable bonds is 9. The van der Waals surface area contributed by atoms with Gasteiger partial charge in [-0.25, -0.2) is 4.79 Å². The molecule has 1 amide bonds. The molecule has 0 fully saturated rings. The van der Waals surface area contributed by atoms with E-state index in [1.54, 1.807) is 4.90 Å². The highest BCUT2D eigenvalue weighted by Crippen LogP contribution is 2.28. The van der Waals surface area contributed by atoms with E-state index >= 15 is 0 Å². The SMILES string of the molecule is CCCCN(CCCC)C(=O)[P+]([O-])=C(c1ccccc1)c1ccccc1. The molecule has 4 heteroatoms. The van der Waals surface area contributed by atoms with Gasteiger partial charge in [0.1, 0.15) is 0 Å². The summed E-state index contributed by atoms with van der Waals surface area (Å²) in [7, 11) is -2.18. The predicted molar refractivity (Wildman–Crippen MR) is 110 cm³/mol. The Morgan fingerprint density at radius 3 is 1.65 bits per heavy atom. The van der Waals surface area contributed by atoms with Gasteiger partial charge in [0, 0.05) is 24.2 Å². The van der Waals surface area contributed by atoms with Gasteiger partial charge < -0.3 is 9.79 Å². The fraction of sp³-hybridized carbons (Fsp3) is 0.364. The van der Waals surface area contributed by atoms with Gasteiger partial charge in [0.15, 0.2) is 13.1 Å². The van der Waals surface area contributed by atoms with Crippen molar-refractivity contribution in [3.05, 3.63) is 71.8 Å². The summed E-state index contributed by atoms with van der Waals surface area (Å²) >= 11 is 0. The molecule has 0 aliphatic rings. The Morgan fingerprint density at radius 2 is 1.27 bits per heavy atom. The number of carbonyl (C=O) groups excluding carboxylic acids is 1. The Morgan fingerprint density at radius 1 is 0.846 bits per heavy atom. The van der Waals surface area contributed by atoms with Crippen LogP contribution in [0.3, 0.4) is 0 Å². The van der Waals surface area contributed by atoms with Crippen molar-refractivity contribution in [3.8, 4) is 0 Å². The standard InChI is InChI=1S/C22H28NO2P/c1-3-5-17-23(18-6-4-2)22(24)26(25)21(19-13-9-7-10-14-19)20-15-11-8-12-16-20/h7-16H,3-6,17-18H2,1-2H3. The zero-order valence-corrected chi connectivity index (χ0v) is 16.6. The van der Waals surface area contributed by atoms with Crippen molar-refractivity contribution < 1.29 is 9.69 Å². The number of benzene rings is 2. The van der Waals surface area contributed by atoms with Crippen molar-refractivity contribution in [2.45, 2.75) is 39.5 Å². The lowest BCUT2D eigenvalue weighted by atomic mass is 10.1. The van der Waals surface area contributed by atoms with Crippen LogP contribution in [0.15, 0.2) is 60.7 Å². The normalized spacial score (nSPS) is 11.1. The summed E-state index contributed by atoms with van der Waals surface area (Å²) in [5.41, 5.74) is 1.45. The Bertz CT molecular complexity index is 664. The largest absolute Gasteiger partial charge is 0.622 e. The van der Waals surface area contributed by atoms with E-state index in [1.165, 1.54) is 0 Å². The number of unbranched alkanes of at least 4 members (excludes halogenated alkanes) is 2. The molecule has 1 atom stereocenters. The number of amides is 1. The van der Waals surface area contributed by atoms with Crippen molar-refractivity contribution >= 4 is 18.7 Å². The molecule has 3 nitrogen and oxygen atoms in total. The molecule has 0 aromatic heterocycles. The van der Waals surface area contributed by atoms with Gasteiger partial charge in [-0.1, -0.05) is 87.4 Å². The van der Waals surface area contributed by atoms with Crippen molar-refractivity contribution in [1.82, 2.24) is 4.90 Å². The van der Waals surface area contributed by atoms with Gasteiger partial charge in [-0.3, -0.25) is 0 Å². The summed E-state index contributed by atoms with van der Waals surface area (Å²) in [5.74, 6) is 0. The van der Waals surface area contributed by atoms with Gasteiger partial charge in [0.2, 0.25) is 0 Å². The van der Waals surface area contributed by atoms with Gasteiger partial charge in [-0.15, -0.1) is 0 Å². The molecule has 0 aliphatic carbocycles. The number of carbonyl (C=O) groups is 1. The zero-order chi connectivity index (χ0) is 18.8.